The summed E-state index contributed by atoms with van der Waals surface area (Å²) in [5, 5.41) is 4.13. The Labute approximate surface area is 113 Å². The molecular weight excluding hydrogens is 244 g/mol. The molecule has 3 heterocycles. The van der Waals surface area contributed by atoms with Crippen molar-refractivity contribution in [3.8, 4) is 0 Å². The maximum absolute atomic E-state index is 5.81. The second-order valence-electron chi connectivity index (χ2n) is 5.36. The first-order valence-electron chi connectivity index (χ1n) is 7.18. The van der Waals surface area contributed by atoms with Gasteiger partial charge in [-0.2, -0.15) is 5.10 Å². The van der Waals surface area contributed by atoms with Gasteiger partial charge in [-0.15, -0.1) is 0 Å². The van der Waals surface area contributed by atoms with Crippen molar-refractivity contribution in [2.24, 2.45) is 0 Å². The first-order valence-corrected chi connectivity index (χ1v) is 7.18. The van der Waals surface area contributed by atoms with E-state index in [2.05, 4.69) is 15.0 Å². The Kier molecular flexibility index (Phi) is 4.42. The van der Waals surface area contributed by atoms with Crippen LogP contribution in [0.15, 0.2) is 12.7 Å². The van der Waals surface area contributed by atoms with E-state index >= 15 is 0 Å². The van der Waals surface area contributed by atoms with Gasteiger partial charge in [0.25, 0.3) is 0 Å². The minimum absolute atomic E-state index is 0.207. The second kappa shape index (κ2) is 6.45. The largest absolute Gasteiger partial charge is 0.377 e. The van der Waals surface area contributed by atoms with Crippen molar-refractivity contribution in [2.45, 2.75) is 38.0 Å². The Morgan fingerprint density at radius 2 is 2.05 bits per heavy atom. The van der Waals surface area contributed by atoms with Crippen LogP contribution in [0.25, 0.3) is 0 Å². The maximum Gasteiger partial charge on any atom is 0.137 e. The highest BCUT2D eigenvalue weighted by atomic mass is 16.5. The van der Waals surface area contributed by atoms with Crippen molar-refractivity contribution in [1.29, 1.82) is 0 Å². The van der Waals surface area contributed by atoms with Gasteiger partial charge in [0.05, 0.1) is 25.4 Å². The van der Waals surface area contributed by atoms with Gasteiger partial charge >= 0.3 is 0 Å². The molecular formula is C13H22N4O2. The summed E-state index contributed by atoms with van der Waals surface area (Å²) >= 11 is 0. The first kappa shape index (κ1) is 13.0. The average molecular weight is 266 g/mol. The highest BCUT2D eigenvalue weighted by molar-refractivity contribution is 4.76. The highest BCUT2D eigenvalue weighted by Crippen LogP contribution is 2.16. The van der Waals surface area contributed by atoms with Crippen LogP contribution in [0.2, 0.25) is 0 Å². The van der Waals surface area contributed by atoms with Crippen molar-refractivity contribution in [3.63, 3.8) is 0 Å². The Morgan fingerprint density at radius 3 is 2.84 bits per heavy atom. The summed E-state index contributed by atoms with van der Waals surface area (Å²) in [7, 11) is 0. The Balaban J connectivity index is 1.47. The number of hydrogen-bond donors (Lipinski definition) is 0. The van der Waals surface area contributed by atoms with E-state index in [1.54, 1.807) is 12.7 Å². The molecule has 2 aliphatic rings. The van der Waals surface area contributed by atoms with E-state index in [4.69, 9.17) is 9.47 Å². The van der Waals surface area contributed by atoms with Gasteiger partial charge in [-0.1, -0.05) is 0 Å². The topological polar surface area (TPSA) is 52.4 Å². The molecule has 2 fully saturated rings. The molecule has 0 radical (unpaired) electrons. The standard InChI is InChI=1S/C13H22N4O2/c1-2-5-18-12(3-1)7-16-4-6-19-13(8-16)9-17-11-14-10-15-17/h10-13H,1-9H2/t12-,13+/m0/s1. The second-order valence-corrected chi connectivity index (χ2v) is 5.36. The fourth-order valence-electron chi connectivity index (χ4n) is 2.83. The quantitative estimate of drug-likeness (QED) is 0.796. The summed E-state index contributed by atoms with van der Waals surface area (Å²) in [6.07, 6.45) is 7.65. The summed E-state index contributed by atoms with van der Waals surface area (Å²) in [5.41, 5.74) is 0. The Hall–Kier alpha value is -0.980. The van der Waals surface area contributed by atoms with E-state index in [1.807, 2.05) is 4.68 Å². The summed E-state index contributed by atoms with van der Waals surface area (Å²) in [6, 6.07) is 0. The third-order valence-electron chi connectivity index (χ3n) is 3.82. The number of rotatable bonds is 4. The molecule has 0 unspecified atom stereocenters. The highest BCUT2D eigenvalue weighted by Gasteiger charge is 2.24. The number of morpholine rings is 1. The van der Waals surface area contributed by atoms with Crippen LogP contribution in [0.1, 0.15) is 19.3 Å². The molecule has 0 aromatic carbocycles. The molecule has 2 atom stereocenters. The molecule has 6 heteroatoms. The van der Waals surface area contributed by atoms with Crippen LogP contribution >= 0.6 is 0 Å². The van der Waals surface area contributed by atoms with Crippen molar-refractivity contribution in [1.82, 2.24) is 19.7 Å². The number of hydrogen-bond acceptors (Lipinski definition) is 5. The minimum Gasteiger partial charge on any atom is -0.377 e. The molecule has 2 aliphatic heterocycles. The Morgan fingerprint density at radius 1 is 1.11 bits per heavy atom. The first-order chi connectivity index (χ1) is 9.40. The van der Waals surface area contributed by atoms with Gasteiger partial charge in [0.15, 0.2) is 0 Å². The summed E-state index contributed by atoms with van der Waals surface area (Å²) in [5.74, 6) is 0. The summed E-state index contributed by atoms with van der Waals surface area (Å²) in [6.45, 7) is 5.51. The summed E-state index contributed by atoms with van der Waals surface area (Å²) < 4.78 is 13.4. The van der Waals surface area contributed by atoms with Crippen molar-refractivity contribution < 1.29 is 9.47 Å². The fourth-order valence-corrected chi connectivity index (χ4v) is 2.83. The van der Waals surface area contributed by atoms with Gasteiger partial charge in [0.2, 0.25) is 0 Å². The maximum atomic E-state index is 5.81. The van der Waals surface area contributed by atoms with Crippen LogP contribution in [0.4, 0.5) is 0 Å². The predicted molar refractivity (Wildman–Crippen MR) is 69.8 cm³/mol. The predicted octanol–water partition coefficient (Wildman–Crippen LogP) is 0.548. The molecule has 0 amide bonds. The molecule has 2 saturated heterocycles. The van der Waals surface area contributed by atoms with Crippen molar-refractivity contribution in [2.75, 3.05) is 32.8 Å². The normalized spacial score (nSPS) is 29.5. The van der Waals surface area contributed by atoms with E-state index in [-0.39, 0.29) is 6.10 Å². The van der Waals surface area contributed by atoms with Gasteiger partial charge in [-0.3, -0.25) is 9.58 Å². The van der Waals surface area contributed by atoms with E-state index in [0.29, 0.717) is 6.10 Å². The van der Waals surface area contributed by atoms with E-state index in [1.165, 1.54) is 19.3 Å². The van der Waals surface area contributed by atoms with Gasteiger partial charge in [0, 0.05) is 26.2 Å². The average Bonchev–Trinajstić information content (AvgIpc) is 2.93. The van der Waals surface area contributed by atoms with Crippen LogP contribution < -0.4 is 0 Å². The zero-order valence-electron chi connectivity index (χ0n) is 11.3. The molecule has 1 aromatic rings. The zero-order valence-corrected chi connectivity index (χ0v) is 11.3. The van der Waals surface area contributed by atoms with E-state index in [9.17, 15) is 0 Å². The lowest BCUT2D eigenvalue weighted by atomic mass is 10.1. The van der Waals surface area contributed by atoms with Crippen LogP contribution in [0.3, 0.4) is 0 Å². The van der Waals surface area contributed by atoms with Gasteiger partial charge in [0.1, 0.15) is 12.7 Å². The molecule has 0 spiro atoms. The lowest BCUT2D eigenvalue weighted by molar-refractivity contribution is -0.0651. The molecule has 0 saturated carbocycles. The molecule has 0 bridgehead atoms. The van der Waals surface area contributed by atoms with Gasteiger partial charge in [-0.05, 0) is 19.3 Å². The van der Waals surface area contributed by atoms with Crippen LogP contribution in [0.5, 0.6) is 0 Å². The van der Waals surface area contributed by atoms with Crippen LogP contribution in [-0.4, -0.2) is 64.7 Å². The SMILES string of the molecule is c1ncn(C[C@H]2CN(C[C@@H]3CCCCO3)CCO2)n1. The third-order valence-corrected chi connectivity index (χ3v) is 3.82. The minimum atomic E-state index is 0.207. The van der Waals surface area contributed by atoms with Crippen molar-refractivity contribution >= 4 is 0 Å². The summed E-state index contributed by atoms with van der Waals surface area (Å²) in [4.78, 5) is 6.42. The van der Waals surface area contributed by atoms with Gasteiger partial charge < -0.3 is 9.47 Å². The molecule has 1 aromatic heterocycles. The van der Waals surface area contributed by atoms with Gasteiger partial charge in [-0.25, -0.2) is 4.98 Å². The van der Waals surface area contributed by atoms with Crippen molar-refractivity contribution in [3.05, 3.63) is 12.7 Å². The molecule has 19 heavy (non-hydrogen) atoms. The third kappa shape index (κ3) is 3.75. The molecule has 0 aliphatic carbocycles. The number of ether oxygens (including phenoxy) is 2. The van der Waals surface area contributed by atoms with Crippen LogP contribution in [-0.2, 0) is 16.0 Å². The molecule has 3 rings (SSSR count). The molecule has 6 nitrogen and oxygen atoms in total. The van der Waals surface area contributed by atoms with Crippen LogP contribution in [0, 0.1) is 0 Å². The van der Waals surface area contributed by atoms with E-state index < -0.39 is 0 Å². The lowest BCUT2D eigenvalue weighted by Crippen LogP contribution is -2.47. The monoisotopic (exact) mass is 266 g/mol. The zero-order chi connectivity index (χ0) is 12.9. The molecule has 106 valence electrons. The Bertz CT molecular complexity index is 365. The smallest absolute Gasteiger partial charge is 0.137 e. The van der Waals surface area contributed by atoms with E-state index in [0.717, 1.165) is 39.4 Å². The number of aromatic nitrogens is 3. The lowest BCUT2D eigenvalue weighted by Gasteiger charge is -2.35. The fraction of sp³-hybridized carbons (Fsp3) is 0.846. The molecule has 0 N–H and O–H groups in total. The number of nitrogens with zero attached hydrogens (tertiary/aromatic N) is 4.